The van der Waals surface area contributed by atoms with Crippen molar-refractivity contribution < 1.29 is 22.8 Å². The second kappa shape index (κ2) is 11.2. The zero-order valence-electron chi connectivity index (χ0n) is 18.9. The summed E-state index contributed by atoms with van der Waals surface area (Å²) in [5, 5.41) is 8.75. The van der Waals surface area contributed by atoms with Crippen molar-refractivity contribution in [2.45, 2.75) is 25.7 Å². The summed E-state index contributed by atoms with van der Waals surface area (Å²) in [7, 11) is 0. The minimum atomic E-state index is -4.60. The highest BCUT2D eigenvalue weighted by Crippen LogP contribution is 2.27. The van der Waals surface area contributed by atoms with Gasteiger partial charge < -0.3 is 21.9 Å². The number of nitrogens with zero attached hydrogens (tertiary/aromatic N) is 4. The van der Waals surface area contributed by atoms with Crippen LogP contribution in [0.15, 0.2) is 60.1 Å². The monoisotopic (exact) mass is 501 g/mol. The quantitative estimate of drug-likeness (QED) is 0.140. The number of hydrogen-bond donors (Lipinski definition) is 5. The van der Waals surface area contributed by atoms with Gasteiger partial charge in [-0.2, -0.15) is 18.3 Å². The Kier molecular flexibility index (Phi) is 8.11. The van der Waals surface area contributed by atoms with Crippen LogP contribution >= 0.6 is 0 Å². The summed E-state index contributed by atoms with van der Waals surface area (Å²) < 4.78 is 38.4. The molecule has 2 amide bonds. The molecule has 0 aliphatic carbocycles. The van der Waals surface area contributed by atoms with E-state index in [2.05, 4.69) is 36.1 Å². The average Bonchev–Trinajstić information content (AvgIpc) is 2.88. The average molecular weight is 501 g/mol. The first-order valence-electron chi connectivity index (χ1n) is 10.4. The van der Waals surface area contributed by atoms with Gasteiger partial charge in [-0.3, -0.25) is 14.6 Å². The van der Waals surface area contributed by atoms with Crippen molar-refractivity contribution in [3.63, 3.8) is 0 Å². The number of halogens is 3. The summed E-state index contributed by atoms with van der Waals surface area (Å²) in [4.78, 5) is 36.1. The maximum atomic E-state index is 12.8. The number of hydrazine groups is 1. The van der Waals surface area contributed by atoms with Crippen LogP contribution in [0.2, 0.25) is 0 Å². The fourth-order valence-corrected chi connectivity index (χ4v) is 3.10. The summed E-state index contributed by atoms with van der Waals surface area (Å²) in [5.41, 5.74) is 2.73. The third-order valence-corrected chi connectivity index (χ3v) is 5.00. The van der Waals surface area contributed by atoms with Crippen LogP contribution < -0.4 is 27.7 Å². The van der Waals surface area contributed by atoms with Gasteiger partial charge in [-0.05, 0) is 30.2 Å². The van der Waals surface area contributed by atoms with Gasteiger partial charge >= 0.3 is 6.18 Å². The Morgan fingerprint density at radius 2 is 1.69 bits per heavy atom. The lowest BCUT2D eigenvalue weighted by molar-refractivity contribution is -0.141. The molecule has 1 atom stereocenters. The molecule has 0 radical (unpaired) electrons. The normalized spacial score (nSPS) is 12.5. The minimum absolute atomic E-state index is 0.0632. The molecule has 7 N–H and O–H groups in total. The van der Waals surface area contributed by atoms with Gasteiger partial charge in [-0.15, -0.1) is 0 Å². The molecule has 14 heteroatoms. The van der Waals surface area contributed by atoms with E-state index in [0.29, 0.717) is 5.56 Å². The standard InChI is InChI=1S/C22H22F3N9O2/c1-12(14-2-4-15(5-3-14)19(33-26)34-27)32-21(36)17-9-16(30-11-31-17)20(35)29-10-13-6-7-28-18(8-13)22(23,24)25/h2-9,11-12H,10,26-27H2,1H3,(H,29,35)(H,32,36)(H,33,34). The van der Waals surface area contributed by atoms with Gasteiger partial charge in [0, 0.05) is 24.4 Å². The molecule has 0 saturated heterocycles. The first-order chi connectivity index (χ1) is 17.1. The molecule has 2 aromatic heterocycles. The van der Waals surface area contributed by atoms with E-state index in [1.807, 2.05) is 0 Å². The van der Waals surface area contributed by atoms with E-state index in [-0.39, 0.29) is 29.3 Å². The smallest absolute Gasteiger partial charge is 0.347 e. The molecule has 1 aromatic carbocycles. The molecule has 3 rings (SSSR count). The van der Waals surface area contributed by atoms with Crippen molar-refractivity contribution in [2.24, 2.45) is 16.8 Å². The van der Waals surface area contributed by atoms with Crippen LogP contribution in [-0.4, -0.2) is 32.6 Å². The fraction of sp³-hybridized carbons (Fsp3) is 0.182. The number of carbonyl (C=O) groups excluding carboxylic acids is 2. The number of amidine groups is 1. The highest BCUT2D eigenvalue weighted by atomic mass is 19.4. The lowest BCUT2D eigenvalue weighted by Gasteiger charge is -2.15. The number of carbonyl (C=O) groups is 2. The lowest BCUT2D eigenvalue weighted by atomic mass is 10.1. The number of alkyl halides is 3. The number of aromatic nitrogens is 3. The second-order valence-electron chi connectivity index (χ2n) is 7.46. The molecular formula is C22H22F3N9O2. The van der Waals surface area contributed by atoms with Crippen LogP contribution in [0.1, 0.15) is 56.3 Å². The molecular weight excluding hydrogens is 479 g/mol. The molecule has 0 saturated carbocycles. The van der Waals surface area contributed by atoms with E-state index in [1.165, 1.54) is 12.1 Å². The van der Waals surface area contributed by atoms with Crippen LogP contribution in [0.25, 0.3) is 0 Å². The predicted molar refractivity (Wildman–Crippen MR) is 123 cm³/mol. The van der Waals surface area contributed by atoms with Crippen LogP contribution in [0.3, 0.4) is 0 Å². The topological polar surface area (TPSA) is 173 Å². The first-order valence-corrected chi connectivity index (χ1v) is 10.4. The largest absolute Gasteiger partial charge is 0.433 e. The Morgan fingerprint density at radius 3 is 2.31 bits per heavy atom. The predicted octanol–water partition coefficient (Wildman–Crippen LogP) is 1.40. The molecule has 0 bridgehead atoms. The van der Waals surface area contributed by atoms with Gasteiger partial charge in [-0.25, -0.2) is 15.8 Å². The summed E-state index contributed by atoms with van der Waals surface area (Å²) in [5.74, 6) is 9.64. The number of hydrazone groups is 1. The molecule has 0 fully saturated rings. The third kappa shape index (κ3) is 6.50. The number of rotatable bonds is 7. The molecule has 0 aliphatic rings. The van der Waals surface area contributed by atoms with Crippen molar-refractivity contribution in [1.82, 2.24) is 31.0 Å². The Morgan fingerprint density at radius 1 is 1.03 bits per heavy atom. The fourth-order valence-electron chi connectivity index (χ4n) is 3.10. The molecule has 188 valence electrons. The summed E-state index contributed by atoms with van der Waals surface area (Å²) in [6.45, 7) is 1.56. The first kappa shape index (κ1) is 26.0. The lowest BCUT2D eigenvalue weighted by Crippen LogP contribution is -2.32. The van der Waals surface area contributed by atoms with E-state index in [9.17, 15) is 22.8 Å². The zero-order chi connectivity index (χ0) is 26.3. The van der Waals surface area contributed by atoms with Gasteiger partial charge in [0.25, 0.3) is 11.8 Å². The van der Waals surface area contributed by atoms with E-state index in [0.717, 1.165) is 24.2 Å². The van der Waals surface area contributed by atoms with E-state index in [4.69, 9.17) is 11.7 Å². The number of nitrogens with one attached hydrogen (secondary N) is 3. The van der Waals surface area contributed by atoms with Crippen molar-refractivity contribution in [2.75, 3.05) is 0 Å². The highest BCUT2D eigenvalue weighted by molar-refractivity contribution is 5.98. The molecule has 0 aliphatic heterocycles. The Balaban J connectivity index is 1.63. The van der Waals surface area contributed by atoms with Crippen LogP contribution in [-0.2, 0) is 12.7 Å². The maximum Gasteiger partial charge on any atom is 0.433 e. The number of hydrogen-bond acceptors (Lipinski definition) is 8. The molecule has 2 heterocycles. The number of amides is 2. The van der Waals surface area contributed by atoms with Crippen molar-refractivity contribution >= 4 is 17.6 Å². The molecule has 11 nitrogen and oxygen atoms in total. The van der Waals surface area contributed by atoms with Crippen LogP contribution in [0, 0.1) is 0 Å². The summed E-state index contributed by atoms with van der Waals surface area (Å²) in [6, 6.07) is 9.90. The summed E-state index contributed by atoms with van der Waals surface area (Å²) in [6.07, 6.45) is -2.55. The second-order valence-corrected chi connectivity index (χ2v) is 7.46. The Hall–Kier alpha value is -4.59. The zero-order valence-corrected chi connectivity index (χ0v) is 18.9. The number of pyridine rings is 1. The highest BCUT2D eigenvalue weighted by Gasteiger charge is 2.32. The van der Waals surface area contributed by atoms with Gasteiger partial charge in [0.15, 0.2) is 5.84 Å². The van der Waals surface area contributed by atoms with Gasteiger partial charge in [0.1, 0.15) is 23.4 Å². The SMILES string of the molecule is CC(NC(=O)c1cc(C(=O)NCc2ccnc(C(F)(F)F)c2)ncn1)c1ccc(/C(=N/N)NN)cc1. The van der Waals surface area contributed by atoms with E-state index >= 15 is 0 Å². The minimum Gasteiger partial charge on any atom is -0.347 e. The summed E-state index contributed by atoms with van der Waals surface area (Å²) >= 11 is 0. The van der Waals surface area contributed by atoms with Gasteiger partial charge in [-0.1, -0.05) is 24.3 Å². The Bertz CT molecular complexity index is 1260. The van der Waals surface area contributed by atoms with Gasteiger partial charge in [0.2, 0.25) is 0 Å². The molecule has 3 aromatic rings. The van der Waals surface area contributed by atoms with E-state index < -0.39 is 29.7 Å². The third-order valence-electron chi connectivity index (χ3n) is 5.00. The van der Waals surface area contributed by atoms with Gasteiger partial charge in [0.05, 0.1) is 6.04 Å². The number of nitrogens with two attached hydrogens (primary N) is 2. The van der Waals surface area contributed by atoms with Crippen molar-refractivity contribution in [3.8, 4) is 0 Å². The van der Waals surface area contributed by atoms with Crippen LogP contribution in [0.4, 0.5) is 13.2 Å². The van der Waals surface area contributed by atoms with Crippen molar-refractivity contribution in [3.05, 3.63) is 88.8 Å². The molecule has 36 heavy (non-hydrogen) atoms. The Labute approximate surface area is 203 Å². The number of benzene rings is 1. The van der Waals surface area contributed by atoms with Crippen LogP contribution in [0.5, 0.6) is 0 Å². The van der Waals surface area contributed by atoms with Crippen molar-refractivity contribution in [1.29, 1.82) is 0 Å². The van der Waals surface area contributed by atoms with E-state index in [1.54, 1.807) is 31.2 Å². The molecule has 0 spiro atoms. The maximum absolute atomic E-state index is 12.8. The molecule has 1 unspecified atom stereocenters.